The second kappa shape index (κ2) is 11.1. The number of rotatable bonds is 11. The molecule has 0 radical (unpaired) electrons. The van der Waals surface area contributed by atoms with Crippen LogP contribution in [0.5, 0.6) is 0 Å². The summed E-state index contributed by atoms with van der Waals surface area (Å²) in [6.45, 7) is 11.5. The van der Waals surface area contributed by atoms with E-state index in [2.05, 4.69) is 13.2 Å². The Morgan fingerprint density at radius 2 is 1.65 bits per heavy atom. The van der Waals surface area contributed by atoms with Crippen molar-refractivity contribution in [1.82, 2.24) is 0 Å². The number of esters is 2. The molecule has 0 spiro atoms. The number of hydrogen-bond donors (Lipinski definition) is 0. The first-order valence-corrected chi connectivity index (χ1v) is 8.86. The molecule has 0 aliphatic heterocycles. The van der Waals surface area contributed by atoms with Gasteiger partial charge in [0.1, 0.15) is 0 Å². The molecule has 4 heteroatoms. The van der Waals surface area contributed by atoms with Gasteiger partial charge in [-0.3, -0.25) is 9.59 Å². The number of allylic oxidation sites excluding steroid dienone is 3. The molecule has 0 N–H and O–H groups in total. The highest BCUT2D eigenvalue weighted by Crippen LogP contribution is 2.35. The zero-order valence-electron chi connectivity index (χ0n) is 15.7. The Labute approximate surface area is 156 Å². The number of carbonyl (C=O) groups excluding carboxylic acids is 2. The fourth-order valence-electron chi connectivity index (χ4n) is 2.63. The van der Waals surface area contributed by atoms with Crippen LogP contribution in [-0.4, -0.2) is 25.2 Å². The van der Waals surface area contributed by atoms with E-state index in [0.29, 0.717) is 12.0 Å². The molecule has 0 unspecified atom stereocenters. The van der Waals surface area contributed by atoms with Gasteiger partial charge in [-0.25, -0.2) is 0 Å². The van der Waals surface area contributed by atoms with Crippen LogP contribution in [0.15, 0.2) is 61.2 Å². The van der Waals surface area contributed by atoms with E-state index in [-0.39, 0.29) is 26.1 Å². The maximum atomic E-state index is 12.7. The minimum absolute atomic E-state index is 0.141. The zero-order valence-corrected chi connectivity index (χ0v) is 15.7. The Bertz CT molecular complexity index is 625. The molecule has 4 nitrogen and oxygen atoms in total. The average molecular weight is 356 g/mol. The molecule has 0 saturated heterocycles. The lowest BCUT2D eigenvalue weighted by atomic mass is 9.77. The van der Waals surface area contributed by atoms with Gasteiger partial charge in [-0.1, -0.05) is 60.7 Å². The molecule has 0 bridgehead atoms. The maximum Gasteiger partial charge on any atom is 0.323 e. The summed E-state index contributed by atoms with van der Waals surface area (Å²) in [5.74, 6) is -1.15. The Morgan fingerprint density at radius 3 is 2.15 bits per heavy atom. The number of ether oxygens (including phenoxy) is 2. The molecule has 0 amide bonds. The Hall–Kier alpha value is -2.62. The fourth-order valence-corrected chi connectivity index (χ4v) is 2.63. The summed E-state index contributed by atoms with van der Waals surface area (Å²) in [5.41, 5.74) is 0.259. The van der Waals surface area contributed by atoms with Crippen LogP contribution in [0.25, 0.3) is 6.08 Å². The average Bonchev–Trinajstić information content (AvgIpc) is 2.64. The number of carbonyl (C=O) groups is 2. The van der Waals surface area contributed by atoms with E-state index in [1.165, 1.54) is 0 Å². The van der Waals surface area contributed by atoms with Gasteiger partial charge in [0.25, 0.3) is 0 Å². The second-order valence-electron chi connectivity index (χ2n) is 5.93. The highest BCUT2D eigenvalue weighted by Gasteiger charge is 2.48. The van der Waals surface area contributed by atoms with E-state index in [1.54, 1.807) is 19.9 Å². The highest BCUT2D eigenvalue weighted by atomic mass is 16.6. The largest absolute Gasteiger partial charge is 0.465 e. The fraction of sp³-hybridized carbons (Fsp3) is 0.364. The Kier molecular flexibility index (Phi) is 9.13. The van der Waals surface area contributed by atoms with Crippen molar-refractivity contribution in [3.63, 3.8) is 0 Å². The van der Waals surface area contributed by atoms with Gasteiger partial charge in [0.05, 0.1) is 13.2 Å². The first kappa shape index (κ1) is 21.4. The third-order valence-electron chi connectivity index (χ3n) is 3.95. The second-order valence-corrected chi connectivity index (χ2v) is 5.93. The summed E-state index contributed by atoms with van der Waals surface area (Å²) in [7, 11) is 0. The lowest BCUT2D eigenvalue weighted by Crippen LogP contribution is -2.42. The molecule has 0 fully saturated rings. The van der Waals surface area contributed by atoms with Crippen LogP contribution in [0.3, 0.4) is 0 Å². The van der Waals surface area contributed by atoms with Crippen LogP contribution in [0.4, 0.5) is 0 Å². The normalized spacial score (nSPS) is 11.2. The summed E-state index contributed by atoms with van der Waals surface area (Å²) >= 11 is 0. The van der Waals surface area contributed by atoms with Crippen molar-refractivity contribution in [2.45, 2.75) is 33.1 Å². The molecule has 1 aromatic carbocycles. The van der Waals surface area contributed by atoms with Gasteiger partial charge in [-0.15, -0.1) is 6.58 Å². The summed E-state index contributed by atoms with van der Waals surface area (Å²) in [6.07, 6.45) is 6.30. The maximum absolute atomic E-state index is 12.7. The Morgan fingerprint density at radius 1 is 1.08 bits per heavy atom. The molecule has 0 atom stereocenters. The Balaban J connectivity index is 3.09. The standard InChI is InChI=1S/C22H28O4/c1-5-8-16-22(20(23)25-6-2,21(24)26-7-3)17-18(4)14-15-19-12-10-9-11-13-19/h5,9-15H,1,4,6-8,16-17H2,2-3H3/b15-14+. The smallest absolute Gasteiger partial charge is 0.323 e. The first-order valence-electron chi connectivity index (χ1n) is 8.86. The van der Waals surface area contributed by atoms with Crippen molar-refractivity contribution in [1.29, 1.82) is 0 Å². The van der Waals surface area contributed by atoms with Crippen LogP contribution in [0.1, 0.15) is 38.7 Å². The molecular weight excluding hydrogens is 328 g/mol. The molecule has 0 aliphatic carbocycles. The summed E-state index contributed by atoms with van der Waals surface area (Å²) < 4.78 is 10.4. The molecule has 0 aliphatic rings. The van der Waals surface area contributed by atoms with Gasteiger partial charge in [0, 0.05) is 0 Å². The summed E-state index contributed by atoms with van der Waals surface area (Å²) in [4.78, 5) is 25.3. The van der Waals surface area contributed by atoms with E-state index in [9.17, 15) is 9.59 Å². The summed E-state index contributed by atoms with van der Waals surface area (Å²) in [5, 5.41) is 0. The van der Waals surface area contributed by atoms with Gasteiger partial charge in [-0.05, 0) is 38.7 Å². The highest BCUT2D eigenvalue weighted by molar-refractivity contribution is 6.00. The van der Waals surface area contributed by atoms with Crippen molar-refractivity contribution in [2.24, 2.45) is 5.41 Å². The van der Waals surface area contributed by atoms with Crippen molar-refractivity contribution >= 4 is 18.0 Å². The summed E-state index contributed by atoms with van der Waals surface area (Å²) in [6, 6.07) is 9.74. The molecule has 0 saturated carbocycles. The predicted octanol–water partition coefficient (Wildman–Crippen LogP) is 4.72. The van der Waals surface area contributed by atoms with Crippen molar-refractivity contribution in [3.8, 4) is 0 Å². The van der Waals surface area contributed by atoms with Crippen molar-refractivity contribution in [2.75, 3.05) is 13.2 Å². The van der Waals surface area contributed by atoms with Gasteiger partial charge in [0.15, 0.2) is 5.41 Å². The van der Waals surface area contributed by atoms with E-state index in [4.69, 9.17) is 9.47 Å². The molecule has 140 valence electrons. The molecule has 1 rings (SSSR count). The third kappa shape index (κ3) is 6.03. The van der Waals surface area contributed by atoms with E-state index >= 15 is 0 Å². The predicted molar refractivity (Wildman–Crippen MR) is 104 cm³/mol. The van der Waals surface area contributed by atoms with Crippen LogP contribution in [-0.2, 0) is 19.1 Å². The van der Waals surface area contributed by atoms with Crippen LogP contribution >= 0.6 is 0 Å². The van der Waals surface area contributed by atoms with Gasteiger partial charge >= 0.3 is 11.9 Å². The van der Waals surface area contributed by atoms with Gasteiger partial charge in [0.2, 0.25) is 0 Å². The lowest BCUT2D eigenvalue weighted by Gasteiger charge is -2.29. The minimum atomic E-state index is -1.40. The van der Waals surface area contributed by atoms with E-state index in [1.807, 2.05) is 42.5 Å². The first-order chi connectivity index (χ1) is 12.5. The molecule has 26 heavy (non-hydrogen) atoms. The quantitative estimate of drug-likeness (QED) is 0.249. The van der Waals surface area contributed by atoms with Crippen LogP contribution < -0.4 is 0 Å². The molecule has 1 aromatic rings. The van der Waals surface area contributed by atoms with Gasteiger partial charge in [-0.2, -0.15) is 0 Å². The van der Waals surface area contributed by atoms with E-state index < -0.39 is 17.4 Å². The molecule has 0 heterocycles. The third-order valence-corrected chi connectivity index (χ3v) is 3.95. The zero-order chi connectivity index (χ0) is 19.4. The van der Waals surface area contributed by atoms with Gasteiger partial charge < -0.3 is 9.47 Å². The van der Waals surface area contributed by atoms with Crippen molar-refractivity contribution < 1.29 is 19.1 Å². The van der Waals surface area contributed by atoms with E-state index in [0.717, 1.165) is 5.56 Å². The minimum Gasteiger partial charge on any atom is -0.465 e. The molecule has 0 aromatic heterocycles. The monoisotopic (exact) mass is 356 g/mol. The topological polar surface area (TPSA) is 52.6 Å². The molecular formula is C22H28O4. The number of hydrogen-bond acceptors (Lipinski definition) is 4. The SMILES string of the molecule is C=CCCC(CC(=C)/C=C/c1ccccc1)(C(=O)OCC)C(=O)OCC. The van der Waals surface area contributed by atoms with Crippen LogP contribution in [0.2, 0.25) is 0 Å². The van der Waals surface area contributed by atoms with Crippen molar-refractivity contribution in [3.05, 3.63) is 66.8 Å². The lowest BCUT2D eigenvalue weighted by molar-refractivity contribution is -0.172. The van der Waals surface area contributed by atoms with Crippen LogP contribution in [0, 0.1) is 5.41 Å². The number of benzene rings is 1.